The van der Waals surface area contributed by atoms with Crippen LogP contribution in [-0.4, -0.2) is 27.9 Å². The summed E-state index contributed by atoms with van der Waals surface area (Å²) in [7, 11) is 1.27. The predicted octanol–water partition coefficient (Wildman–Crippen LogP) is 5.37. The molecule has 2 aromatic carbocycles. The standard InChI is InChI=1S/C21H13ClF4N4O2/c1-27-20(31)16-17(15-13(22)8-5-9-14(15)23)29-32-18(16)12-10-28-30(19(12)21(24,25)26)11-6-3-2-4-7-11/h2-10H,1H3,(H,27,31). The summed E-state index contributed by atoms with van der Waals surface area (Å²) in [5.74, 6) is -2.18. The summed E-state index contributed by atoms with van der Waals surface area (Å²) in [6.07, 6.45) is -3.96. The van der Waals surface area contributed by atoms with Gasteiger partial charge in [-0.3, -0.25) is 4.79 Å². The van der Waals surface area contributed by atoms with Crippen molar-refractivity contribution in [1.29, 1.82) is 0 Å². The minimum atomic E-state index is -4.87. The van der Waals surface area contributed by atoms with Crippen LogP contribution in [0, 0.1) is 5.82 Å². The van der Waals surface area contributed by atoms with E-state index in [0.29, 0.717) is 4.68 Å². The summed E-state index contributed by atoms with van der Waals surface area (Å²) in [6, 6.07) is 11.4. The van der Waals surface area contributed by atoms with E-state index in [2.05, 4.69) is 15.6 Å². The zero-order valence-corrected chi connectivity index (χ0v) is 17.0. The molecule has 0 fully saturated rings. The largest absolute Gasteiger partial charge is 0.434 e. The molecule has 0 aliphatic heterocycles. The van der Waals surface area contributed by atoms with Gasteiger partial charge < -0.3 is 9.84 Å². The van der Waals surface area contributed by atoms with Crippen molar-refractivity contribution < 1.29 is 26.9 Å². The Morgan fingerprint density at radius 3 is 2.47 bits per heavy atom. The van der Waals surface area contributed by atoms with Gasteiger partial charge in [0.1, 0.15) is 17.1 Å². The smallest absolute Gasteiger partial charge is 0.355 e. The fourth-order valence-electron chi connectivity index (χ4n) is 3.26. The summed E-state index contributed by atoms with van der Waals surface area (Å²) in [5.41, 5.74) is -2.58. The van der Waals surface area contributed by atoms with Crippen LogP contribution in [0.3, 0.4) is 0 Å². The molecule has 0 aliphatic rings. The van der Waals surface area contributed by atoms with Crippen LogP contribution in [0.5, 0.6) is 0 Å². The van der Waals surface area contributed by atoms with Crippen LogP contribution in [0.15, 0.2) is 59.3 Å². The van der Waals surface area contributed by atoms with Gasteiger partial charge >= 0.3 is 6.18 Å². The van der Waals surface area contributed by atoms with Gasteiger partial charge in [0.25, 0.3) is 5.91 Å². The Kier molecular flexibility index (Phi) is 5.47. The minimum absolute atomic E-state index is 0.0916. The molecule has 4 aromatic rings. The lowest BCUT2D eigenvalue weighted by Crippen LogP contribution is -2.20. The van der Waals surface area contributed by atoms with Gasteiger partial charge in [-0.25, -0.2) is 9.07 Å². The number of carbonyl (C=O) groups excluding carboxylic acids is 1. The van der Waals surface area contributed by atoms with Gasteiger partial charge in [0, 0.05) is 7.05 Å². The van der Waals surface area contributed by atoms with Gasteiger partial charge in [-0.15, -0.1) is 0 Å². The molecule has 1 amide bonds. The van der Waals surface area contributed by atoms with Gasteiger partial charge in [0.15, 0.2) is 11.5 Å². The predicted molar refractivity (Wildman–Crippen MR) is 108 cm³/mol. The number of benzene rings is 2. The highest BCUT2D eigenvalue weighted by Gasteiger charge is 2.42. The summed E-state index contributed by atoms with van der Waals surface area (Å²) in [4.78, 5) is 12.6. The van der Waals surface area contributed by atoms with Crippen LogP contribution in [0.1, 0.15) is 16.1 Å². The van der Waals surface area contributed by atoms with E-state index in [0.717, 1.165) is 12.3 Å². The van der Waals surface area contributed by atoms with Crippen LogP contribution in [-0.2, 0) is 6.18 Å². The number of aromatic nitrogens is 3. The third-order valence-corrected chi connectivity index (χ3v) is 4.94. The van der Waals surface area contributed by atoms with Crippen molar-refractivity contribution in [2.75, 3.05) is 7.05 Å². The topological polar surface area (TPSA) is 73.0 Å². The molecule has 0 radical (unpaired) electrons. The fourth-order valence-corrected chi connectivity index (χ4v) is 3.51. The number of carbonyl (C=O) groups is 1. The number of alkyl halides is 3. The van der Waals surface area contributed by atoms with Gasteiger partial charge in [-0.2, -0.15) is 18.3 Å². The summed E-state index contributed by atoms with van der Waals surface area (Å²) in [6.45, 7) is 0. The van der Waals surface area contributed by atoms with Gasteiger partial charge in [0.05, 0.1) is 28.0 Å². The van der Waals surface area contributed by atoms with E-state index in [1.54, 1.807) is 18.2 Å². The quantitative estimate of drug-likeness (QED) is 0.412. The van der Waals surface area contributed by atoms with E-state index < -0.39 is 40.5 Å². The lowest BCUT2D eigenvalue weighted by Gasteiger charge is -2.12. The van der Waals surface area contributed by atoms with Gasteiger partial charge in [-0.1, -0.05) is 41.0 Å². The highest BCUT2D eigenvalue weighted by Crippen LogP contribution is 2.42. The molecule has 0 saturated heterocycles. The third-order valence-electron chi connectivity index (χ3n) is 4.63. The van der Waals surface area contributed by atoms with Crippen molar-refractivity contribution in [3.05, 3.63) is 76.8 Å². The molecule has 2 heterocycles. The number of nitrogens with zero attached hydrogens (tertiary/aromatic N) is 3. The lowest BCUT2D eigenvalue weighted by molar-refractivity contribution is -0.142. The Morgan fingerprint density at radius 1 is 1.12 bits per heavy atom. The molecule has 0 aliphatic carbocycles. The van der Waals surface area contributed by atoms with Crippen LogP contribution < -0.4 is 5.32 Å². The van der Waals surface area contributed by atoms with Gasteiger partial charge in [-0.05, 0) is 24.3 Å². The third kappa shape index (κ3) is 3.62. The molecule has 6 nitrogen and oxygen atoms in total. The molecule has 11 heteroatoms. The normalized spacial score (nSPS) is 11.6. The Morgan fingerprint density at radius 2 is 1.84 bits per heavy atom. The van der Waals surface area contributed by atoms with Crippen LogP contribution in [0.4, 0.5) is 17.6 Å². The molecule has 0 saturated carbocycles. The van der Waals surface area contributed by atoms with E-state index in [-0.39, 0.29) is 22.0 Å². The van der Waals surface area contributed by atoms with Crippen molar-refractivity contribution in [2.45, 2.75) is 6.18 Å². The SMILES string of the molecule is CNC(=O)c1c(-c2c(F)cccc2Cl)noc1-c1cnn(-c2ccccc2)c1C(F)(F)F. The first-order chi connectivity index (χ1) is 15.2. The molecule has 0 spiro atoms. The van der Waals surface area contributed by atoms with Crippen LogP contribution in [0.25, 0.3) is 28.3 Å². The Balaban J connectivity index is 2.01. The number of hydrogen-bond donors (Lipinski definition) is 1. The number of hydrogen-bond acceptors (Lipinski definition) is 4. The number of nitrogens with one attached hydrogen (secondary N) is 1. The second kappa shape index (κ2) is 8.12. The summed E-state index contributed by atoms with van der Waals surface area (Å²) < 4.78 is 62.6. The lowest BCUT2D eigenvalue weighted by atomic mass is 10.0. The van der Waals surface area contributed by atoms with Crippen LogP contribution >= 0.6 is 11.6 Å². The number of rotatable bonds is 4. The maximum absolute atomic E-state index is 14.5. The molecule has 2 aromatic heterocycles. The molecule has 0 bridgehead atoms. The first kappa shape index (κ1) is 21.6. The molecular formula is C21H13ClF4N4O2. The average Bonchev–Trinajstić information content (AvgIpc) is 3.38. The van der Waals surface area contributed by atoms with Crippen molar-refractivity contribution >= 4 is 17.5 Å². The number of amides is 1. The highest BCUT2D eigenvalue weighted by atomic mass is 35.5. The second-order valence-corrected chi connectivity index (χ2v) is 6.97. The highest BCUT2D eigenvalue weighted by molar-refractivity contribution is 6.33. The van der Waals surface area contributed by atoms with Crippen LogP contribution in [0.2, 0.25) is 5.02 Å². The van der Waals surface area contributed by atoms with Crippen molar-refractivity contribution in [2.24, 2.45) is 0 Å². The van der Waals surface area contributed by atoms with E-state index in [1.807, 2.05) is 0 Å². The van der Waals surface area contributed by atoms with E-state index in [4.69, 9.17) is 16.1 Å². The van der Waals surface area contributed by atoms with Crippen molar-refractivity contribution in [3.63, 3.8) is 0 Å². The monoisotopic (exact) mass is 464 g/mol. The molecule has 164 valence electrons. The zero-order valence-electron chi connectivity index (χ0n) is 16.2. The number of halogens is 5. The van der Waals surface area contributed by atoms with E-state index >= 15 is 0 Å². The molecule has 0 unspecified atom stereocenters. The first-order valence-electron chi connectivity index (χ1n) is 9.11. The zero-order chi connectivity index (χ0) is 23.0. The van der Waals surface area contributed by atoms with Crippen molar-refractivity contribution in [1.82, 2.24) is 20.3 Å². The van der Waals surface area contributed by atoms with E-state index in [9.17, 15) is 22.4 Å². The fraction of sp³-hybridized carbons (Fsp3) is 0.0952. The Bertz CT molecular complexity index is 1280. The average molecular weight is 465 g/mol. The molecule has 4 rings (SSSR count). The summed E-state index contributed by atoms with van der Waals surface area (Å²) in [5, 5.41) is 9.76. The molecular weight excluding hydrogens is 452 g/mol. The molecule has 32 heavy (non-hydrogen) atoms. The second-order valence-electron chi connectivity index (χ2n) is 6.56. The van der Waals surface area contributed by atoms with Crippen molar-refractivity contribution in [3.8, 4) is 28.3 Å². The first-order valence-corrected chi connectivity index (χ1v) is 9.49. The Labute approximate surface area is 183 Å². The van der Waals surface area contributed by atoms with E-state index in [1.165, 1.54) is 31.3 Å². The Hall–Kier alpha value is -3.66. The maximum atomic E-state index is 14.5. The maximum Gasteiger partial charge on any atom is 0.434 e. The van der Waals surface area contributed by atoms with Gasteiger partial charge in [0.2, 0.25) is 0 Å². The minimum Gasteiger partial charge on any atom is -0.355 e. The molecule has 0 atom stereocenters. The molecule has 1 N–H and O–H groups in total. The summed E-state index contributed by atoms with van der Waals surface area (Å²) >= 11 is 6.08. The number of para-hydroxylation sites is 1.